The van der Waals surface area contributed by atoms with E-state index in [1.54, 1.807) is 18.0 Å². The second kappa shape index (κ2) is 8.89. The predicted molar refractivity (Wildman–Crippen MR) is 113 cm³/mol. The van der Waals surface area contributed by atoms with E-state index in [0.717, 1.165) is 37.2 Å². The number of likely N-dealkylation sites (tertiary alicyclic amines) is 1. The van der Waals surface area contributed by atoms with E-state index in [1.165, 1.54) is 5.56 Å². The van der Waals surface area contributed by atoms with Gasteiger partial charge in [-0.1, -0.05) is 6.07 Å². The summed E-state index contributed by atoms with van der Waals surface area (Å²) in [7, 11) is 1.77. The lowest BCUT2D eigenvalue weighted by Crippen LogP contribution is -2.42. The van der Waals surface area contributed by atoms with Crippen molar-refractivity contribution in [3.8, 4) is 5.75 Å². The maximum atomic E-state index is 12.5. The van der Waals surface area contributed by atoms with Gasteiger partial charge in [0.25, 0.3) is 0 Å². The summed E-state index contributed by atoms with van der Waals surface area (Å²) in [5.74, 6) is 1.38. The van der Waals surface area contributed by atoms with Crippen LogP contribution in [0, 0.1) is 5.92 Å². The first-order valence-electron chi connectivity index (χ1n) is 10.4. The molecule has 1 saturated heterocycles. The highest BCUT2D eigenvalue weighted by atomic mass is 16.6. The minimum Gasteiger partial charge on any atom is -0.493 e. The summed E-state index contributed by atoms with van der Waals surface area (Å²) in [5, 5.41) is 0. The quantitative estimate of drug-likeness (QED) is 0.723. The number of fused-ring (bicyclic) bond motifs is 1. The second-order valence-corrected chi connectivity index (χ2v) is 8.93. The molecule has 0 unspecified atom stereocenters. The van der Waals surface area contributed by atoms with E-state index in [-0.39, 0.29) is 12.0 Å². The molecule has 158 valence electrons. The maximum Gasteiger partial charge on any atom is 0.410 e. The third-order valence-corrected chi connectivity index (χ3v) is 5.30. The Kier molecular flexibility index (Phi) is 6.50. The molecule has 2 heterocycles. The average Bonchev–Trinajstić information content (AvgIpc) is 3.13. The van der Waals surface area contributed by atoms with Crippen molar-refractivity contribution < 1.29 is 19.1 Å². The van der Waals surface area contributed by atoms with Gasteiger partial charge in [-0.15, -0.1) is 0 Å². The molecule has 6 nitrogen and oxygen atoms in total. The number of hydrogen-bond acceptors (Lipinski definition) is 4. The summed E-state index contributed by atoms with van der Waals surface area (Å²) in [6.07, 6.45) is 5.95. The maximum absolute atomic E-state index is 12.5. The van der Waals surface area contributed by atoms with E-state index in [4.69, 9.17) is 9.47 Å². The smallest absolute Gasteiger partial charge is 0.410 e. The van der Waals surface area contributed by atoms with Crippen LogP contribution in [0.25, 0.3) is 6.08 Å². The standard InChI is InChI=1S/C23H32N2O4/c1-23(2,3)29-22(27)24(4)16-18-9-12-25(13-10-18)21(26)8-6-17-5-7-20-19(15-17)11-14-28-20/h5-8,15,18H,9-14,16H2,1-4H3/b8-6+. The monoisotopic (exact) mass is 400 g/mol. The molecule has 29 heavy (non-hydrogen) atoms. The molecular formula is C23H32N2O4. The Balaban J connectivity index is 1.45. The van der Waals surface area contributed by atoms with E-state index in [0.29, 0.717) is 25.6 Å². The van der Waals surface area contributed by atoms with Crippen LogP contribution in [0.3, 0.4) is 0 Å². The summed E-state index contributed by atoms with van der Waals surface area (Å²) in [5.41, 5.74) is 1.74. The summed E-state index contributed by atoms with van der Waals surface area (Å²) >= 11 is 0. The number of carbonyl (C=O) groups is 2. The zero-order chi connectivity index (χ0) is 21.0. The highest BCUT2D eigenvalue weighted by Gasteiger charge is 2.26. The van der Waals surface area contributed by atoms with E-state index in [2.05, 4.69) is 6.07 Å². The van der Waals surface area contributed by atoms with Crippen molar-refractivity contribution in [3.05, 3.63) is 35.4 Å². The van der Waals surface area contributed by atoms with Crippen LogP contribution in [-0.2, 0) is 16.0 Å². The van der Waals surface area contributed by atoms with Crippen molar-refractivity contribution in [3.63, 3.8) is 0 Å². The van der Waals surface area contributed by atoms with Crippen LogP contribution in [0.4, 0.5) is 4.79 Å². The number of benzene rings is 1. The van der Waals surface area contributed by atoms with Gasteiger partial charge < -0.3 is 19.3 Å². The number of rotatable bonds is 4. The molecule has 2 aliphatic heterocycles. The van der Waals surface area contributed by atoms with Gasteiger partial charge in [-0.2, -0.15) is 0 Å². The van der Waals surface area contributed by atoms with E-state index in [9.17, 15) is 9.59 Å². The topological polar surface area (TPSA) is 59.1 Å². The lowest BCUT2D eigenvalue weighted by atomic mass is 9.96. The molecule has 0 radical (unpaired) electrons. The van der Waals surface area contributed by atoms with Gasteiger partial charge in [0.1, 0.15) is 11.4 Å². The molecule has 0 aromatic heterocycles. The van der Waals surface area contributed by atoms with Crippen LogP contribution < -0.4 is 4.74 Å². The SMILES string of the molecule is CN(CC1CCN(C(=O)/C=C/c2ccc3c(c2)CCO3)CC1)C(=O)OC(C)(C)C. The average molecular weight is 401 g/mol. The van der Waals surface area contributed by atoms with Crippen molar-refractivity contribution in [2.75, 3.05) is 33.3 Å². The van der Waals surface area contributed by atoms with Crippen LogP contribution in [0.1, 0.15) is 44.7 Å². The van der Waals surface area contributed by atoms with E-state index >= 15 is 0 Å². The highest BCUT2D eigenvalue weighted by molar-refractivity contribution is 5.91. The molecule has 6 heteroatoms. The minimum absolute atomic E-state index is 0.0423. The van der Waals surface area contributed by atoms with Crippen molar-refractivity contribution in [2.24, 2.45) is 5.92 Å². The van der Waals surface area contributed by atoms with Crippen molar-refractivity contribution >= 4 is 18.1 Å². The Bertz CT molecular complexity index is 774. The van der Waals surface area contributed by atoms with Gasteiger partial charge in [0.15, 0.2) is 0 Å². The van der Waals surface area contributed by atoms with Gasteiger partial charge in [-0.05, 0) is 68.9 Å². The van der Waals surface area contributed by atoms with Gasteiger partial charge in [0.2, 0.25) is 5.91 Å². The Morgan fingerprint density at radius 1 is 1.28 bits per heavy atom. The van der Waals surface area contributed by atoms with Crippen molar-refractivity contribution in [1.29, 1.82) is 0 Å². The van der Waals surface area contributed by atoms with Crippen LogP contribution in [0.15, 0.2) is 24.3 Å². The molecule has 1 aromatic carbocycles. The first-order valence-corrected chi connectivity index (χ1v) is 10.4. The Morgan fingerprint density at radius 2 is 2.00 bits per heavy atom. The van der Waals surface area contributed by atoms with E-state index < -0.39 is 5.60 Å². The first kappa shape index (κ1) is 21.2. The van der Waals surface area contributed by atoms with Crippen LogP contribution in [0.5, 0.6) is 5.75 Å². The third kappa shape index (κ3) is 5.99. The molecule has 0 aliphatic carbocycles. The summed E-state index contributed by atoms with van der Waals surface area (Å²) in [6.45, 7) is 8.43. The van der Waals surface area contributed by atoms with Crippen LogP contribution in [0.2, 0.25) is 0 Å². The van der Waals surface area contributed by atoms with Crippen LogP contribution >= 0.6 is 0 Å². The van der Waals surface area contributed by atoms with Crippen molar-refractivity contribution in [1.82, 2.24) is 9.80 Å². The van der Waals surface area contributed by atoms with E-state index in [1.807, 2.05) is 43.9 Å². The summed E-state index contributed by atoms with van der Waals surface area (Å²) < 4.78 is 10.9. The Labute approximate surface area is 173 Å². The lowest BCUT2D eigenvalue weighted by molar-refractivity contribution is -0.127. The molecule has 2 amide bonds. The molecule has 3 rings (SSSR count). The number of amides is 2. The van der Waals surface area contributed by atoms with Crippen molar-refractivity contribution in [2.45, 2.75) is 45.6 Å². The number of piperidine rings is 1. The normalized spacial score (nSPS) is 17.2. The zero-order valence-corrected chi connectivity index (χ0v) is 17.9. The lowest BCUT2D eigenvalue weighted by Gasteiger charge is -2.34. The number of carbonyl (C=O) groups excluding carboxylic acids is 2. The molecule has 0 saturated carbocycles. The highest BCUT2D eigenvalue weighted by Crippen LogP contribution is 2.26. The zero-order valence-electron chi connectivity index (χ0n) is 17.9. The molecular weight excluding hydrogens is 368 g/mol. The molecule has 2 aliphatic rings. The fourth-order valence-corrected chi connectivity index (χ4v) is 3.72. The molecule has 1 fully saturated rings. The predicted octanol–water partition coefficient (Wildman–Crippen LogP) is 3.74. The Hall–Kier alpha value is -2.50. The summed E-state index contributed by atoms with van der Waals surface area (Å²) in [4.78, 5) is 28.2. The molecule has 1 aromatic rings. The van der Waals surface area contributed by atoms with Gasteiger partial charge in [0, 0.05) is 39.2 Å². The second-order valence-electron chi connectivity index (χ2n) is 8.93. The van der Waals surface area contributed by atoms with Gasteiger partial charge in [-0.3, -0.25) is 4.79 Å². The molecule has 0 atom stereocenters. The minimum atomic E-state index is -0.487. The number of nitrogens with zero attached hydrogens (tertiary/aromatic N) is 2. The largest absolute Gasteiger partial charge is 0.493 e. The van der Waals surface area contributed by atoms with Crippen LogP contribution in [-0.4, -0.2) is 60.7 Å². The number of hydrogen-bond donors (Lipinski definition) is 0. The van der Waals surface area contributed by atoms with Gasteiger partial charge >= 0.3 is 6.09 Å². The van der Waals surface area contributed by atoms with Gasteiger partial charge in [0.05, 0.1) is 6.61 Å². The van der Waals surface area contributed by atoms with Gasteiger partial charge in [-0.25, -0.2) is 4.79 Å². The molecule has 0 N–H and O–H groups in total. The molecule has 0 spiro atoms. The fourth-order valence-electron chi connectivity index (χ4n) is 3.72. The molecule has 0 bridgehead atoms. The number of ether oxygens (including phenoxy) is 2. The Morgan fingerprint density at radius 3 is 2.69 bits per heavy atom. The first-order chi connectivity index (χ1) is 13.7. The summed E-state index contributed by atoms with van der Waals surface area (Å²) in [6, 6.07) is 6.04. The third-order valence-electron chi connectivity index (χ3n) is 5.30. The fraction of sp³-hybridized carbons (Fsp3) is 0.565.